The van der Waals surface area contributed by atoms with Crippen LogP contribution in [0.2, 0.25) is 0 Å². The Balaban J connectivity index is 1.49. The number of carbonyl (C=O) groups is 3. The molecule has 0 aromatic heterocycles. The van der Waals surface area contributed by atoms with Crippen molar-refractivity contribution in [2.45, 2.75) is 45.4 Å². The molecule has 1 aromatic rings. The van der Waals surface area contributed by atoms with E-state index in [1.165, 1.54) is 12.8 Å². The molecule has 0 bridgehead atoms. The molecule has 164 valence electrons. The van der Waals surface area contributed by atoms with E-state index in [-0.39, 0.29) is 30.2 Å². The van der Waals surface area contributed by atoms with Crippen LogP contribution in [0.4, 0.5) is 5.69 Å². The number of anilines is 1. The van der Waals surface area contributed by atoms with Gasteiger partial charge >= 0.3 is 5.97 Å². The summed E-state index contributed by atoms with van der Waals surface area (Å²) in [5.41, 5.74) is 1.43. The van der Waals surface area contributed by atoms with Gasteiger partial charge in [-0.05, 0) is 50.8 Å². The first-order chi connectivity index (χ1) is 14.6. The number of amides is 2. The molecule has 2 aliphatic heterocycles. The van der Waals surface area contributed by atoms with Crippen LogP contribution in [0.5, 0.6) is 0 Å². The van der Waals surface area contributed by atoms with Crippen molar-refractivity contribution in [3.05, 3.63) is 29.8 Å². The van der Waals surface area contributed by atoms with Gasteiger partial charge in [0.15, 0.2) is 0 Å². The second kappa shape index (κ2) is 11.0. The van der Waals surface area contributed by atoms with E-state index in [0.717, 1.165) is 31.6 Å². The van der Waals surface area contributed by atoms with Gasteiger partial charge in [0.1, 0.15) is 0 Å². The summed E-state index contributed by atoms with van der Waals surface area (Å²) >= 11 is 0. The fraction of sp³-hybridized carbons (Fsp3) is 0.609. The summed E-state index contributed by atoms with van der Waals surface area (Å²) in [4.78, 5) is 40.9. The summed E-state index contributed by atoms with van der Waals surface area (Å²) in [6.45, 7) is 5.13. The predicted octanol–water partition coefficient (Wildman–Crippen LogP) is 2.92. The Labute approximate surface area is 178 Å². The van der Waals surface area contributed by atoms with E-state index in [2.05, 4.69) is 5.32 Å². The van der Waals surface area contributed by atoms with E-state index in [1.54, 1.807) is 11.8 Å². The normalized spacial score (nSPS) is 17.9. The van der Waals surface area contributed by atoms with E-state index >= 15 is 0 Å². The summed E-state index contributed by atoms with van der Waals surface area (Å²) in [5.74, 6) is -0.202. The largest absolute Gasteiger partial charge is 0.466 e. The van der Waals surface area contributed by atoms with Gasteiger partial charge in [0.05, 0.1) is 19.1 Å². The number of esters is 1. The number of ether oxygens (including phenoxy) is 1. The average Bonchev–Trinajstić information content (AvgIpc) is 3.07. The molecule has 3 rings (SSSR count). The van der Waals surface area contributed by atoms with Crippen LogP contribution in [0.3, 0.4) is 0 Å². The van der Waals surface area contributed by atoms with E-state index in [4.69, 9.17) is 4.74 Å². The minimum Gasteiger partial charge on any atom is -0.466 e. The molecule has 0 spiro atoms. The summed E-state index contributed by atoms with van der Waals surface area (Å²) < 4.78 is 5.08. The molecule has 1 N–H and O–H groups in total. The maximum atomic E-state index is 12.8. The summed E-state index contributed by atoms with van der Waals surface area (Å²) in [6.07, 6.45) is 5.78. The molecule has 2 fully saturated rings. The van der Waals surface area contributed by atoms with Crippen molar-refractivity contribution in [1.82, 2.24) is 9.80 Å². The lowest BCUT2D eigenvalue weighted by Crippen LogP contribution is -2.43. The molecular formula is C23H33N3O4. The minimum absolute atomic E-state index is 0.00144. The molecule has 2 saturated heterocycles. The van der Waals surface area contributed by atoms with Crippen molar-refractivity contribution in [3.8, 4) is 0 Å². The molecule has 2 aliphatic rings. The fourth-order valence-electron chi connectivity index (χ4n) is 4.13. The summed E-state index contributed by atoms with van der Waals surface area (Å²) in [6, 6.07) is 7.38. The maximum absolute atomic E-state index is 12.8. The quantitative estimate of drug-likeness (QED) is 0.723. The van der Waals surface area contributed by atoms with Gasteiger partial charge in [0.25, 0.3) is 5.91 Å². The van der Waals surface area contributed by atoms with Crippen LogP contribution in [0, 0.1) is 5.92 Å². The number of piperidine rings is 1. The monoisotopic (exact) mass is 415 g/mol. The van der Waals surface area contributed by atoms with Gasteiger partial charge < -0.3 is 19.9 Å². The summed E-state index contributed by atoms with van der Waals surface area (Å²) in [7, 11) is 0. The first kappa shape index (κ1) is 22.1. The number of nitrogens with one attached hydrogen (secondary N) is 1. The highest BCUT2D eigenvalue weighted by Crippen LogP contribution is 2.20. The fourth-order valence-corrected chi connectivity index (χ4v) is 4.13. The van der Waals surface area contributed by atoms with Crippen molar-refractivity contribution in [2.75, 3.05) is 44.6 Å². The van der Waals surface area contributed by atoms with E-state index in [1.807, 2.05) is 29.2 Å². The molecule has 0 radical (unpaired) electrons. The Kier molecular flexibility index (Phi) is 8.11. The van der Waals surface area contributed by atoms with Gasteiger partial charge in [-0.2, -0.15) is 0 Å². The third-order valence-corrected chi connectivity index (χ3v) is 5.91. The topological polar surface area (TPSA) is 79.0 Å². The molecular weight excluding hydrogens is 382 g/mol. The van der Waals surface area contributed by atoms with Gasteiger partial charge in [-0.1, -0.05) is 18.9 Å². The Hall–Kier alpha value is -2.57. The van der Waals surface area contributed by atoms with Crippen LogP contribution in [-0.4, -0.2) is 66.9 Å². The lowest BCUT2D eigenvalue weighted by Gasteiger charge is -2.31. The molecule has 2 heterocycles. The second-order valence-electron chi connectivity index (χ2n) is 8.05. The highest BCUT2D eigenvalue weighted by Gasteiger charge is 2.28. The van der Waals surface area contributed by atoms with Crippen LogP contribution < -0.4 is 5.32 Å². The molecule has 0 unspecified atom stereocenters. The Morgan fingerprint density at radius 2 is 1.70 bits per heavy atom. The molecule has 7 heteroatoms. The van der Waals surface area contributed by atoms with Crippen LogP contribution in [-0.2, 0) is 14.3 Å². The van der Waals surface area contributed by atoms with Gasteiger partial charge in [-0.15, -0.1) is 0 Å². The average molecular weight is 416 g/mol. The van der Waals surface area contributed by atoms with Gasteiger partial charge in [-0.3, -0.25) is 14.4 Å². The Bertz CT molecular complexity index is 736. The Morgan fingerprint density at radius 1 is 1.00 bits per heavy atom. The highest BCUT2D eigenvalue weighted by molar-refractivity contribution is 5.95. The van der Waals surface area contributed by atoms with Gasteiger partial charge in [0.2, 0.25) is 5.91 Å². The lowest BCUT2D eigenvalue weighted by molar-refractivity contribution is -0.151. The zero-order valence-corrected chi connectivity index (χ0v) is 17.9. The SMILES string of the molecule is CCOC(=O)C1CCN(C(=O)CNc2cccc(C(=O)N3CCCCCC3)c2)CC1. The molecule has 0 saturated carbocycles. The van der Waals surface area contributed by atoms with Crippen LogP contribution in [0.1, 0.15) is 55.8 Å². The lowest BCUT2D eigenvalue weighted by atomic mass is 9.97. The van der Waals surface area contributed by atoms with Crippen molar-refractivity contribution >= 4 is 23.5 Å². The molecule has 30 heavy (non-hydrogen) atoms. The highest BCUT2D eigenvalue weighted by atomic mass is 16.5. The number of likely N-dealkylation sites (tertiary alicyclic amines) is 2. The van der Waals surface area contributed by atoms with E-state index in [9.17, 15) is 14.4 Å². The zero-order chi connectivity index (χ0) is 21.3. The van der Waals surface area contributed by atoms with Crippen molar-refractivity contribution in [1.29, 1.82) is 0 Å². The van der Waals surface area contributed by atoms with E-state index in [0.29, 0.717) is 38.1 Å². The standard InChI is InChI=1S/C23H33N3O4/c1-2-30-23(29)18-10-14-25(15-11-18)21(27)17-24-20-9-7-8-19(16-20)22(28)26-12-5-3-4-6-13-26/h7-9,16,18,24H,2-6,10-15,17H2,1H3. The van der Waals surface area contributed by atoms with Crippen molar-refractivity contribution in [2.24, 2.45) is 5.92 Å². The van der Waals surface area contributed by atoms with Gasteiger partial charge in [0, 0.05) is 37.4 Å². The van der Waals surface area contributed by atoms with Crippen LogP contribution in [0.15, 0.2) is 24.3 Å². The maximum Gasteiger partial charge on any atom is 0.309 e. The van der Waals surface area contributed by atoms with Crippen molar-refractivity contribution in [3.63, 3.8) is 0 Å². The number of hydrogen-bond acceptors (Lipinski definition) is 5. The molecule has 1 aromatic carbocycles. The van der Waals surface area contributed by atoms with Crippen LogP contribution in [0.25, 0.3) is 0 Å². The summed E-state index contributed by atoms with van der Waals surface area (Å²) in [5, 5.41) is 3.15. The number of rotatable bonds is 6. The van der Waals surface area contributed by atoms with E-state index < -0.39 is 0 Å². The van der Waals surface area contributed by atoms with Crippen molar-refractivity contribution < 1.29 is 19.1 Å². The second-order valence-corrected chi connectivity index (χ2v) is 8.05. The smallest absolute Gasteiger partial charge is 0.309 e. The third kappa shape index (κ3) is 5.97. The molecule has 0 atom stereocenters. The molecule has 0 aliphatic carbocycles. The third-order valence-electron chi connectivity index (χ3n) is 5.91. The van der Waals surface area contributed by atoms with Gasteiger partial charge in [-0.25, -0.2) is 0 Å². The minimum atomic E-state index is -0.159. The molecule has 2 amide bonds. The zero-order valence-electron chi connectivity index (χ0n) is 17.9. The predicted molar refractivity (Wildman–Crippen MR) is 115 cm³/mol. The Morgan fingerprint density at radius 3 is 2.37 bits per heavy atom. The number of carbonyl (C=O) groups excluding carboxylic acids is 3. The molecule has 7 nitrogen and oxygen atoms in total. The van der Waals surface area contributed by atoms with Crippen LogP contribution >= 0.6 is 0 Å². The number of hydrogen-bond donors (Lipinski definition) is 1. The number of nitrogens with zero attached hydrogens (tertiary/aromatic N) is 2. The first-order valence-corrected chi connectivity index (χ1v) is 11.2. The first-order valence-electron chi connectivity index (χ1n) is 11.2. The number of benzene rings is 1.